The highest BCUT2D eigenvalue weighted by Crippen LogP contribution is 2.18. The van der Waals surface area contributed by atoms with Crippen molar-refractivity contribution in [3.8, 4) is 11.3 Å². The van der Waals surface area contributed by atoms with E-state index < -0.39 is 0 Å². The number of aromatic nitrogens is 4. The fraction of sp³-hybridized carbons (Fsp3) is 0.294. The van der Waals surface area contributed by atoms with Gasteiger partial charge in [0.15, 0.2) is 0 Å². The van der Waals surface area contributed by atoms with E-state index in [1.807, 2.05) is 0 Å². The molecular weight excluding hydrogens is 325 g/mol. The fourth-order valence-corrected chi connectivity index (χ4v) is 3.01. The molecule has 4 rings (SSSR count). The Balaban J connectivity index is 1.66. The van der Waals surface area contributed by atoms with Crippen LogP contribution in [0.3, 0.4) is 0 Å². The molecule has 0 saturated carbocycles. The summed E-state index contributed by atoms with van der Waals surface area (Å²) in [7, 11) is 0. The van der Waals surface area contributed by atoms with Crippen molar-refractivity contribution >= 4 is 11.4 Å². The average molecular weight is 341 g/mol. The van der Waals surface area contributed by atoms with Crippen molar-refractivity contribution in [1.82, 2.24) is 24.3 Å². The summed E-state index contributed by atoms with van der Waals surface area (Å²) in [6.07, 6.45) is 3.40. The minimum absolute atomic E-state index is 0.0770. The first-order valence-electron chi connectivity index (χ1n) is 8.11. The van der Waals surface area contributed by atoms with E-state index in [0.717, 1.165) is 30.6 Å². The molecule has 0 N–H and O–H groups in total. The molecule has 3 aromatic rings. The second-order valence-corrected chi connectivity index (χ2v) is 6.05. The van der Waals surface area contributed by atoms with Crippen LogP contribution in [0.4, 0.5) is 4.39 Å². The summed E-state index contributed by atoms with van der Waals surface area (Å²) in [6, 6.07) is 7.49. The van der Waals surface area contributed by atoms with E-state index in [4.69, 9.17) is 0 Å². The Hall–Kier alpha value is -3.03. The van der Waals surface area contributed by atoms with Gasteiger partial charge in [0.05, 0.1) is 5.69 Å². The molecule has 0 spiro atoms. The predicted octanol–water partition coefficient (Wildman–Crippen LogP) is 1.32. The summed E-state index contributed by atoms with van der Waals surface area (Å²) in [6.45, 7) is 1.39. The lowest BCUT2D eigenvalue weighted by atomic mass is 10.1. The molecule has 25 heavy (non-hydrogen) atoms. The van der Waals surface area contributed by atoms with E-state index in [2.05, 4.69) is 10.2 Å². The Morgan fingerprint density at radius 3 is 2.60 bits per heavy atom. The summed E-state index contributed by atoms with van der Waals surface area (Å²) < 4.78 is 15.6. The minimum atomic E-state index is -0.379. The van der Waals surface area contributed by atoms with Crippen molar-refractivity contribution in [3.63, 3.8) is 0 Å². The van der Waals surface area contributed by atoms with Crippen LogP contribution in [0.1, 0.15) is 12.8 Å². The Labute approximate surface area is 142 Å². The number of carbonyl (C=O) groups excluding carboxylic acids is 1. The van der Waals surface area contributed by atoms with Crippen LogP contribution in [-0.4, -0.2) is 43.3 Å². The maximum absolute atomic E-state index is 13.0. The molecule has 0 unspecified atom stereocenters. The number of benzene rings is 1. The van der Waals surface area contributed by atoms with Gasteiger partial charge < -0.3 is 4.90 Å². The molecule has 128 valence electrons. The molecule has 0 aliphatic carbocycles. The van der Waals surface area contributed by atoms with Crippen molar-refractivity contribution in [2.45, 2.75) is 19.4 Å². The molecule has 1 amide bonds. The Morgan fingerprint density at radius 1 is 1.16 bits per heavy atom. The molecule has 0 atom stereocenters. The quantitative estimate of drug-likeness (QED) is 0.720. The molecule has 1 aromatic carbocycles. The first-order chi connectivity index (χ1) is 12.1. The third-order valence-corrected chi connectivity index (χ3v) is 4.37. The molecule has 1 saturated heterocycles. The van der Waals surface area contributed by atoms with Crippen molar-refractivity contribution in [1.29, 1.82) is 0 Å². The van der Waals surface area contributed by atoms with E-state index in [-0.39, 0.29) is 23.8 Å². The molecule has 1 fully saturated rings. The largest absolute Gasteiger partial charge is 0.341 e. The number of carbonyl (C=O) groups is 1. The molecule has 3 heterocycles. The maximum atomic E-state index is 13.0. The maximum Gasteiger partial charge on any atom is 0.293 e. The van der Waals surface area contributed by atoms with Gasteiger partial charge in [0.25, 0.3) is 5.56 Å². The fourth-order valence-electron chi connectivity index (χ4n) is 3.01. The first kappa shape index (κ1) is 15.5. The highest BCUT2D eigenvalue weighted by Gasteiger charge is 2.19. The number of likely N-dealkylation sites (tertiary alicyclic amines) is 1. The van der Waals surface area contributed by atoms with Gasteiger partial charge in [0.1, 0.15) is 24.2 Å². The van der Waals surface area contributed by atoms with Gasteiger partial charge in [0.2, 0.25) is 5.91 Å². The number of hydrogen-bond acceptors (Lipinski definition) is 4. The molecule has 7 nitrogen and oxygen atoms in total. The van der Waals surface area contributed by atoms with E-state index >= 15 is 0 Å². The van der Waals surface area contributed by atoms with Crippen LogP contribution in [0, 0.1) is 5.82 Å². The van der Waals surface area contributed by atoms with Crippen molar-refractivity contribution in [2.24, 2.45) is 0 Å². The summed E-state index contributed by atoms with van der Waals surface area (Å²) >= 11 is 0. The number of nitrogens with zero attached hydrogens (tertiary/aromatic N) is 5. The predicted molar refractivity (Wildman–Crippen MR) is 88.5 cm³/mol. The molecular formula is C17H16FN5O2. The highest BCUT2D eigenvalue weighted by molar-refractivity contribution is 5.76. The summed E-state index contributed by atoms with van der Waals surface area (Å²) in [4.78, 5) is 26.6. The molecule has 1 aliphatic rings. The number of halogens is 1. The monoisotopic (exact) mass is 341 g/mol. The smallest absolute Gasteiger partial charge is 0.293 e. The Kier molecular flexibility index (Phi) is 3.79. The van der Waals surface area contributed by atoms with Gasteiger partial charge in [-0.05, 0) is 43.2 Å². The Bertz CT molecular complexity index is 986. The average Bonchev–Trinajstić information content (AvgIpc) is 3.28. The number of amides is 1. The third kappa shape index (κ3) is 2.90. The van der Waals surface area contributed by atoms with Crippen LogP contribution in [-0.2, 0) is 11.3 Å². The zero-order valence-electron chi connectivity index (χ0n) is 13.4. The van der Waals surface area contributed by atoms with Gasteiger partial charge in [-0.3, -0.25) is 9.59 Å². The normalized spacial score (nSPS) is 14.4. The van der Waals surface area contributed by atoms with E-state index in [0.29, 0.717) is 16.8 Å². The molecule has 0 radical (unpaired) electrons. The summed E-state index contributed by atoms with van der Waals surface area (Å²) in [5.41, 5.74) is 1.19. The van der Waals surface area contributed by atoms with Gasteiger partial charge in [-0.15, -0.1) is 0 Å². The SMILES string of the molecule is O=C(Cn1ncn2nc(-c3ccc(F)cc3)cc2c1=O)N1CCCC1. The topological polar surface area (TPSA) is 72.5 Å². The van der Waals surface area contributed by atoms with Gasteiger partial charge in [-0.1, -0.05) is 0 Å². The second kappa shape index (κ2) is 6.12. The molecule has 0 bridgehead atoms. The van der Waals surface area contributed by atoms with Gasteiger partial charge >= 0.3 is 0 Å². The Morgan fingerprint density at radius 2 is 1.88 bits per heavy atom. The molecule has 8 heteroatoms. The molecule has 2 aromatic heterocycles. The van der Waals surface area contributed by atoms with E-state index in [1.54, 1.807) is 23.1 Å². The lowest BCUT2D eigenvalue weighted by Gasteiger charge is -2.15. The summed E-state index contributed by atoms with van der Waals surface area (Å²) in [5.74, 6) is -0.438. The standard InChI is InChI=1S/C17H16FN5O2/c18-13-5-3-12(4-6-13)14-9-15-17(25)22(19-11-23(15)20-14)10-16(24)21-7-1-2-8-21/h3-6,9,11H,1-2,7-8,10H2. The van der Waals surface area contributed by atoms with Crippen LogP contribution in [0.2, 0.25) is 0 Å². The van der Waals surface area contributed by atoms with Gasteiger partial charge in [-0.25, -0.2) is 13.6 Å². The minimum Gasteiger partial charge on any atom is -0.341 e. The van der Waals surface area contributed by atoms with Crippen molar-refractivity contribution in [3.05, 3.63) is 52.8 Å². The van der Waals surface area contributed by atoms with Crippen LogP contribution in [0.5, 0.6) is 0 Å². The van der Waals surface area contributed by atoms with Crippen molar-refractivity contribution < 1.29 is 9.18 Å². The van der Waals surface area contributed by atoms with Crippen LogP contribution in [0.15, 0.2) is 41.5 Å². The zero-order chi connectivity index (χ0) is 17.4. The second-order valence-electron chi connectivity index (χ2n) is 6.05. The highest BCUT2D eigenvalue weighted by atomic mass is 19.1. The lowest BCUT2D eigenvalue weighted by Crippen LogP contribution is -2.36. The number of fused-ring (bicyclic) bond motifs is 1. The van der Waals surface area contributed by atoms with Crippen LogP contribution < -0.4 is 5.56 Å². The van der Waals surface area contributed by atoms with Crippen LogP contribution >= 0.6 is 0 Å². The van der Waals surface area contributed by atoms with E-state index in [9.17, 15) is 14.0 Å². The zero-order valence-corrected chi connectivity index (χ0v) is 13.4. The lowest BCUT2D eigenvalue weighted by molar-refractivity contribution is -0.131. The van der Waals surface area contributed by atoms with Gasteiger partial charge in [0, 0.05) is 18.7 Å². The summed E-state index contributed by atoms with van der Waals surface area (Å²) in [5, 5.41) is 8.33. The van der Waals surface area contributed by atoms with Crippen LogP contribution in [0.25, 0.3) is 16.8 Å². The van der Waals surface area contributed by atoms with Crippen molar-refractivity contribution in [2.75, 3.05) is 13.1 Å². The van der Waals surface area contributed by atoms with E-state index in [1.165, 1.54) is 23.0 Å². The molecule has 1 aliphatic heterocycles. The number of rotatable bonds is 3. The van der Waals surface area contributed by atoms with Gasteiger partial charge in [-0.2, -0.15) is 10.2 Å². The first-order valence-corrected chi connectivity index (χ1v) is 8.11. The number of hydrogen-bond donors (Lipinski definition) is 0. The third-order valence-electron chi connectivity index (χ3n) is 4.37.